The second-order valence-electron chi connectivity index (χ2n) is 9.03. The average molecular weight is 607 g/mol. The van der Waals surface area contributed by atoms with Gasteiger partial charge in [-0.25, -0.2) is 8.42 Å². The zero-order valence-electron chi connectivity index (χ0n) is 22.0. The van der Waals surface area contributed by atoms with Gasteiger partial charge in [-0.1, -0.05) is 59.6 Å². The Labute approximate surface area is 243 Å². The summed E-state index contributed by atoms with van der Waals surface area (Å²) in [4.78, 5) is 28.6. The molecule has 0 bridgehead atoms. The molecule has 0 spiro atoms. The van der Waals surface area contributed by atoms with Crippen LogP contribution in [0.4, 0.5) is 5.69 Å². The van der Waals surface area contributed by atoms with Crippen molar-refractivity contribution in [1.29, 1.82) is 0 Å². The van der Waals surface area contributed by atoms with Gasteiger partial charge in [0, 0.05) is 26.1 Å². The minimum absolute atomic E-state index is 0.0121. The van der Waals surface area contributed by atoms with Crippen molar-refractivity contribution in [2.45, 2.75) is 25.9 Å². The second-order valence-corrected chi connectivity index (χ2v) is 12.0. The minimum Gasteiger partial charge on any atom is -0.454 e. The number of halogens is 2. The number of sulfonamides is 1. The molecule has 4 rings (SSSR count). The molecule has 2 amide bonds. The molecule has 0 saturated heterocycles. The van der Waals surface area contributed by atoms with Crippen LogP contribution in [0.25, 0.3) is 0 Å². The van der Waals surface area contributed by atoms with Crippen LogP contribution < -0.4 is 19.1 Å². The predicted molar refractivity (Wildman–Crippen MR) is 154 cm³/mol. The first-order chi connectivity index (χ1) is 19.1. The third-order valence-electron chi connectivity index (χ3n) is 6.48. The third kappa shape index (κ3) is 6.80. The fourth-order valence-electron chi connectivity index (χ4n) is 4.32. The number of carbonyl (C=O) groups excluding carboxylic acids is 2. The number of hydrogen-bond donors (Lipinski definition) is 1. The van der Waals surface area contributed by atoms with Crippen molar-refractivity contribution in [3.63, 3.8) is 0 Å². The SMILES string of the molecule is CCS(=O)(=O)N(CC(=O)N(Cc1ccc(Cl)c(Cl)c1)[C@H](Cc1ccccc1)C(=O)NC)c1ccc2c(c1)OCO2. The molecule has 12 heteroatoms. The normalized spacial score (nSPS) is 13.0. The van der Waals surface area contributed by atoms with Gasteiger partial charge >= 0.3 is 0 Å². The number of benzene rings is 3. The number of likely N-dealkylation sites (N-methyl/N-ethyl adjacent to an activating group) is 1. The fourth-order valence-corrected chi connectivity index (χ4v) is 5.69. The quantitative estimate of drug-likeness (QED) is 0.350. The summed E-state index contributed by atoms with van der Waals surface area (Å²) in [6.07, 6.45) is 0.206. The Kier molecular flexibility index (Phi) is 9.44. The molecule has 9 nitrogen and oxygen atoms in total. The van der Waals surface area contributed by atoms with Gasteiger partial charge in [-0.3, -0.25) is 13.9 Å². The molecule has 3 aromatic carbocycles. The van der Waals surface area contributed by atoms with E-state index in [1.54, 1.807) is 30.3 Å². The van der Waals surface area contributed by atoms with Gasteiger partial charge in [0.2, 0.25) is 28.6 Å². The Balaban J connectivity index is 1.74. The lowest BCUT2D eigenvalue weighted by Crippen LogP contribution is -2.53. The molecule has 0 aromatic heterocycles. The Morgan fingerprint density at radius 3 is 2.35 bits per heavy atom. The van der Waals surface area contributed by atoms with Crippen LogP contribution in [0.15, 0.2) is 66.7 Å². The molecule has 1 heterocycles. The van der Waals surface area contributed by atoms with Gasteiger partial charge in [0.15, 0.2) is 11.5 Å². The maximum atomic E-state index is 14.1. The van der Waals surface area contributed by atoms with Crippen molar-refractivity contribution < 1.29 is 27.5 Å². The van der Waals surface area contributed by atoms with E-state index in [1.165, 1.54) is 24.9 Å². The highest BCUT2D eigenvalue weighted by Gasteiger charge is 2.33. The Hall–Kier alpha value is -3.47. The minimum atomic E-state index is -3.90. The molecule has 212 valence electrons. The van der Waals surface area contributed by atoms with E-state index >= 15 is 0 Å². The number of fused-ring (bicyclic) bond motifs is 1. The summed E-state index contributed by atoms with van der Waals surface area (Å²) in [5, 5.41) is 3.28. The Morgan fingerprint density at radius 1 is 0.950 bits per heavy atom. The first-order valence-corrected chi connectivity index (χ1v) is 14.9. The summed E-state index contributed by atoms with van der Waals surface area (Å²) in [7, 11) is -2.42. The van der Waals surface area contributed by atoms with E-state index in [-0.39, 0.29) is 31.2 Å². The highest BCUT2D eigenvalue weighted by Crippen LogP contribution is 2.36. The van der Waals surface area contributed by atoms with Crippen LogP contribution in [0.3, 0.4) is 0 Å². The van der Waals surface area contributed by atoms with E-state index in [2.05, 4.69) is 5.32 Å². The van der Waals surface area contributed by atoms with Gasteiger partial charge in [-0.05, 0) is 42.3 Å². The van der Waals surface area contributed by atoms with E-state index in [4.69, 9.17) is 32.7 Å². The highest BCUT2D eigenvalue weighted by atomic mass is 35.5. The van der Waals surface area contributed by atoms with Crippen molar-refractivity contribution >= 4 is 50.7 Å². The van der Waals surface area contributed by atoms with Crippen LogP contribution in [0, 0.1) is 0 Å². The van der Waals surface area contributed by atoms with Crippen molar-refractivity contribution in [3.05, 3.63) is 87.9 Å². The van der Waals surface area contributed by atoms with Crippen molar-refractivity contribution in [2.75, 3.05) is 30.4 Å². The molecule has 0 saturated carbocycles. The Morgan fingerprint density at radius 2 is 1.68 bits per heavy atom. The van der Waals surface area contributed by atoms with Crippen LogP contribution >= 0.6 is 23.2 Å². The molecule has 1 aliphatic heterocycles. The van der Waals surface area contributed by atoms with Crippen LogP contribution in [0.2, 0.25) is 10.0 Å². The monoisotopic (exact) mass is 605 g/mol. The van der Waals surface area contributed by atoms with Crippen molar-refractivity contribution in [3.8, 4) is 11.5 Å². The fraction of sp³-hybridized carbons (Fsp3) is 0.286. The summed E-state index contributed by atoms with van der Waals surface area (Å²) in [5.74, 6) is -0.366. The highest BCUT2D eigenvalue weighted by molar-refractivity contribution is 7.92. The van der Waals surface area contributed by atoms with Gasteiger partial charge in [0.25, 0.3) is 0 Å². The first-order valence-electron chi connectivity index (χ1n) is 12.5. The first kappa shape index (κ1) is 29.5. The summed E-state index contributed by atoms with van der Waals surface area (Å²) >= 11 is 12.3. The Bertz CT molecular complexity index is 1490. The van der Waals surface area contributed by atoms with E-state index in [0.717, 1.165) is 9.87 Å². The molecule has 0 fully saturated rings. The lowest BCUT2D eigenvalue weighted by Gasteiger charge is -2.33. The standard InChI is InChI=1S/C28H29Cl2N3O6S/c1-3-40(36,37)33(21-10-12-25-26(15-21)39-18-38-25)17-27(34)32(16-20-9-11-22(29)23(30)13-20)24(28(35)31-2)14-19-7-5-4-6-8-19/h4-13,15,24H,3,14,16-18H2,1-2H3,(H,31,35)/t24-/m1/s1. The van der Waals surface area contributed by atoms with Crippen LogP contribution in [-0.4, -0.2) is 57.3 Å². The smallest absolute Gasteiger partial charge is 0.244 e. The number of amides is 2. The molecular weight excluding hydrogens is 577 g/mol. The maximum absolute atomic E-state index is 14.1. The third-order valence-corrected chi connectivity index (χ3v) is 8.96. The number of ether oxygens (including phenoxy) is 2. The van der Waals surface area contributed by atoms with E-state index in [1.807, 2.05) is 30.3 Å². The van der Waals surface area contributed by atoms with E-state index in [9.17, 15) is 18.0 Å². The van der Waals surface area contributed by atoms with Crippen LogP contribution in [0.1, 0.15) is 18.1 Å². The number of nitrogens with zero attached hydrogens (tertiary/aromatic N) is 2. The molecule has 1 N–H and O–H groups in total. The number of carbonyl (C=O) groups is 2. The second kappa shape index (κ2) is 12.8. The van der Waals surface area contributed by atoms with Crippen molar-refractivity contribution in [2.24, 2.45) is 0 Å². The van der Waals surface area contributed by atoms with Gasteiger partial charge in [-0.15, -0.1) is 0 Å². The van der Waals surface area contributed by atoms with E-state index in [0.29, 0.717) is 27.1 Å². The maximum Gasteiger partial charge on any atom is 0.244 e. The number of hydrogen-bond acceptors (Lipinski definition) is 6. The molecule has 1 atom stereocenters. The largest absolute Gasteiger partial charge is 0.454 e. The summed E-state index contributed by atoms with van der Waals surface area (Å²) in [5.41, 5.74) is 1.70. The molecule has 0 aliphatic carbocycles. The van der Waals surface area contributed by atoms with Gasteiger partial charge in [0.1, 0.15) is 12.6 Å². The summed E-state index contributed by atoms with van der Waals surface area (Å²) in [6.45, 7) is 0.959. The van der Waals surface area contributed by atoms with Gasteiger partial charge in [0.05, 0.1) is 21.5 Å². The van der Waals surface area contributed by atoms with Crippen molar-refractivity contribution in [1.82, 2.24) is 10.2 Å². The molecule has 40 heavy (non-hydrogen) atoms. The van der Waals surface area contributed by atoms with Gasteiger partial charge < -0.3 is 19.7 Å². The molecule has 0 radical (unpaired) electrons. The van der Waals surface area contributed by atoms with Crippen LogP contribution in [0.5, 0.6) is 11.5 Å². The molecular formula is C28H29Cl2N3O6S. The summed E-state index contributed by atoms with van der Waals surface area (Å²) in [6, 6.07) is 17.9. The van der Waals surface area contributed by atoms with E-state index < -0.39 is 34.4 Å². The zero-order valence-corrected chi connectivity index (χ0v) is 24.3. The van der Waals surface area contributed by atoms with Crippen LogP contribution in [-0.2, 0) is 32.6 Å². The predicted octanol–water partition coefficient (Wildman–Crippen LogP) is 4.26. The van der Waals surface area contributed by atoms with Gasteiger partial charge in [-0.2, -0.15) is 0 Å². The topological polar surface area (TPSA) is 105 Å². The average Bonchev–Trinajstić information content (AvgIpc) is 3.43. The molecule has 3 aromatic rings. The molecule has 0 unspecified atom stereocenters. The molecule has 1 aliphatic rings. The lowest BCUT2D eigenvalue weighted by atomic mass is 10.0. The number of anilines is 1. The summed E-state index contributed by atoms with van der Waals surface area (Å²) < 4.78 is 38.2. The number of rotatable bonds is 11. The zero-order chi connectivity index (χ0) is 28.9. The number of nitrogens with one attached hydrogen (secondary N) is 1. The lowest BCUT2D eigenvalue weighted by molar-refractivity contribution is -0.139.